The second kappa shape index (κ2) is 11.3. The predicted molar refractivity (Wildman–Crippen MR) is 114 cm³/mol. The predicted octanol–water partition coefficient (Wildman–Crippen LogP) is -1.53. The van der Waals surface area contributed by atoms with E-state index in [9.17, 15) is 40.9 Å². The molecule has 12 heteroatoms. The maximum absolute atomic E-state index is 10.4. The molecule has 34 heavy (non-hydrogen) atoms. The van der Waals surface area contributed by atoms with Crippen LogP contribution in [0.4, 0.5) is 0 Å². The first-order valence-corrected chi connectivity index (χ1v) is 11.3. The number of phenolic OH excluding ortho intramolecular Hbond substituents is 2. The first-order chi connectivity index (χ1) is 16.1. The van der Waals surface area contributed by atoms with Crippen molar-refractivity contribution in [3.8, 4) is 17.2 Å². The molecule has 0 aromatic heterocycles. The molecule has 1 aromatic carbocycles. The summed E-state index contributed by atoms with van der Waals surface area (Å²) in [5.41, 5.74) is -1.43. The molecule has 0 radical (unpaired) electrons. The second-order valence-corrected chi connectivity index (χ2v) is 8.76. The molecule has 8 atom stereocenters. The molecule has 8 N–H and O–H groups in total. The lowest BCUT2D eigenvalue weighted by molar-refractivity contribution is -0.289. The zero-order valence-corrected chi connectivity index (χ0v) is 18.9. The molecule has 3 rings (SSSR count). The van der Waals surface area contributed by atoms with Crippen molar-refractivity contribution in [1.82, 2.24) is 0 Å². The van der Waals surface area contributed by atoms with E-state index in [0.29, 0.717) is 12.0 Å². The molecule has 0 bridgehead atoms. The van der Waals surface area contributed by atoms with E-state index < -0.39 is 61.9 Å². The summed E-state index contributed by atoms with van der Waals surface area (Å²) in [4.78, 5) is 0. The molecule has 2 fully saturated rings. The average Bonchev–Trinajstić information content (AvgIpc) is 3.09. The number of phenols is 2. The monoisotopic (exact) mass is 490 g/mol. The van der Waals surface area contributed by atoms with Gasteiger partial charge < -0.3 is 59.8 Å². The summed E-state index contributed by atoms with van der Waals surface area (Å²) >= 11 is 0. The molecule has 0 spiro atoms. The summed E-state index contributed by atoms with van der Waals surface area (Å²) in [7, 11) is 0. The summed E-state index contributed by atoms with van der Waals surface area (Å²) in [6.45, 7) is 0.461. The Balaban J connectivity index is 1.71. The number of benzene rings is 1. The molecular formula is C22H34O12. The standard InChI is InChI=1S/C22H34O12/c1-2-3-4-5-11-6-12(24)7-13(25)18(11)34-20-17(28)16(27)15(26)14(33-20)8-31-21-19(29)22(30,9-23)10-32-21/h6-7,14-17,19-21,23-30H,2-5,8-10H2,1H3/t14-,15-,16+,17-,19+,20+,21-,22-/m1/s1. The molecule has 0 unspecified atom stereocenters. The van der Waals surface area contributed by atoms with Gasteiger partial charge in [0.2, 0.25) is 6.29 Å². The molecule has 12 nitrogen and oxygen atoms in total. The fourth-order valence-electron chi connectivity index (χ4n) is 3.94. The van der Waals surface area contributed by atoms with Crippen molar-refractivity contribution in [3.63, 3.8) is 0 Å². The van der Waals surface area contributed by atoms with Crippen LogP contribution < -0.4 is 4.74 Å². The number of rotatable bonds is 10. The number of ether oxygens (including phenoxy) is 4. The van der Waals surface area contributed by atoms with Gasteiger partial charge in [-0.15, -0.1) is 0 Å². The molecule has 2 aliphatic heterocycles. The Bertz CT molecular complexity index is 806. The minimum Gasteiger partial charge on any atom is -0.508 e. The van der Waals surface area contributed by atoms with Gasteiger partial charge in [0.05, 0.1) is 19.8 Å². The van der Waals surface area contributed by atoms with Gasteiger partial charge in [0.25, 0.3) is 0 Å². The molecule has 0 amide bonds. The van der Waals surface area contributed by atoms with Crippen LogP contribution in [0.3, 0.4) is 0 Å². The van der Waals surface area contributed by atoms with E-state index in [1.54, 1.807) is 0 Å². The molecular weight excluding hydrogens is 456 g/mol. The van der Waals surface area contributed by atoms with Gasteiger partial charge in [-0.05, 0) is 18.9 Å². The van der Waals surface area contributed by atoms with Crippen LogP contribution in [0.1, 0.15) is 31.7 Å². The van der Waals surface area contributed by atoms with E-state index in [0.717, 1.165) is 25.3 Å². The Kier molecular flexibility index (Phi) is 8.95. The summed E-state index contributed by atoms with van der Waals surface area (Å²) in [6.07, 6.45) is -7.56. The van der Waals surface area contributed by atoms with E-state index in [-0.39, 0.29) is 23.9 Å². The third-order valence-electron chi connectivity index (χ3n) is 6.09. The van der Waals surface area contributed by atoms with Crippen LogP contribution >= 0.6 is 0 Å². The molecule has 0 aliphatic carbocycles. The second-order valence-electron chi connectivity index (χ2n) is 8.76. The molecule has 2 aliphatic rings. The quantitative estimate of drug-likeness (QED) is 0.176. The van der Waals surface area contributed by atoms with Crippen LogP contribution in [-0.2, 0) is 20.6 Å². The number of aromatic hydroxyl groups is 2. The van der Waals surface area contributed by atoms with E-state index >= 15 is 0 Å². The van der Waals surface area contributed by atoms with Gasteiger partial charge in [-0.1, -0.05) is 19.8 Å². The first kappa shape index (κ1) is 26.9. The van der Waals surface area contributed by atoms with E-state index in [4.69, 9.17) is 18.9 Å². The fraction of sp³-hybridized carbons (Fsp3) is 0.727. The maximum atomic E-state index is 10.4. The Morgan fingerprint density at radius 2 is 1.76 bits per heavy atom. The molecule has 1 aromatic rings. The SMILES string of the molecule is CCCCCc1cc(O)cc(O)c1O[C@@H]1O[C@H](CO[C@@H]2OC[C@](O)(CO)[C@H]2O)[C@@H](O)[C@H](O)[C@H]1O. The van der Waals surface area contributed by atoms with Crippen LogP contribution in [-0.4, -0.2) is 109 Å². The Labute approximate surface area is 196 Å². The van der Waals surface area contributed by atoms with Crippen molar-refractivity contribution >= 4 is 0 Å². The number of unbranched alkanes of at least 4 members (excludes halogenated alkanes) is 2. The minimum atomic E-state index is -1.90. The lowest BCUT2D eigenvalue weighted by Crippen LogP contribution is -2.60. The van der Waals surface area contributed by atoms with Gasteiger partial charge in [0, 0.05) is 11.6 Å². The summed E-state index contributed by atoms with van der Waals surface area (Å²) < 4.78 is 21.8. The minimum absolute atomic E-state index is 0.0382. The molecule has 2 heterocycles. The molecule has 2 saturated heterocycles. The first-order valence-electron chi connectivity index (χ1n) is 11.3. The lowest BCUT2D eigenvalue weighted by Gasteiger charge is -2.40. The van der Waals surface area contributed by atoms with Crippen molar-refractivity contribution in [2.75, 3.05) is 19.8 Å². The van der Waals surface area contributed by atoms with Crippen molar-refractivity contribution < 1.29 is 59.8 Å². The highest BCUT2D eigenvalue weighted by atomic mass is 16.7. The van der Waals surface area contributed by atoms with Gasteiger partial charge in [-0.3, -0.25) is 0 Å². The van der Waals surface area contributed by atoms with Gasteiger partial charge in [-0.2, -0.15) is 0 Å². The summed E-state index contributed by atoms with van der Waals surface area (Å²) in [5.74, 6) is -0.591. The van der Waals surface area contributed by atoms with E-state index in [1.165, 1.54) is 6.07 Å². The summed E-state index contributed by atoms with van der Waals surface area (Å²) in [6, 6.07) is 2.49. The molecule has 194 valence electrons. The zero-order chi connectivity index (χ0) is 25.0. The number of aliphatic hydroxyl groups is 6. The number of hydrogen-bond donors (Lipinski definition) is 8. The lowest BCUT2D eigenvalue weighted by atomic mass is 9.99. The fourth-order valence-corrected chi connectivity index (χ4v) is 3.94. The van der Waals surface area contributed by atoms with Crippen LogP contribution in [0.15, 0.2) is 12.1 Å². The van der Waals surface area contributed by atoms with Crippen LogP contribution in [0, 0.1) is 0 Å². The van der Waals surface area contributed by atoms with Crippen molar-refractivity contribution in [2.24, 2.45) is 0 Å². The highest BCUT2D eigenvalue weighted by molar-refractivity contribution is 5.50. The number of hydrogen-bond acceptors (Lipinski definition) is 12. The highest BCUT2D eigenvalue weighted by Crippen LogP contribution is 2.38. The zero-order valence-electron chi connectivity index (χ0n) is 18.9. The van der Waals surface area contributed by atoms with Gasteiger partial charge in [-0.25, -0.2) is 0 Å². The molecule has 0 saturated carbocycles. The largest absolute Gasteiger partial charge is 0.508 e. The van der Waals surface area contributed by atoms with E-state index in [1.807, 2.05) is 6.92 Å². The Hall–Kier alpha value is -1.74. The van der Waals surface area contributed by atoms with Gasteiger partial charge in [0.15, 0.2) is 17.8 Å². The topological polar surface area (TPSA) is 199 Å². The van der Waals surface area contributed by atoms with Crippen LogP contribution in [0.5, 0.6) is 17.2 Å². The Morgan fingerprint density at radius 3 is 2.41 bits per heavy atom. The van der Waals surface area contributed by atoms with Crippen molar-refractivity contribution in [2.45, 2.75) is 81.3 Å². The normalized spacial score (nSPS) is 36.0. The smallest absolute Gasteiger partial charge is 0.229 e. The van der Waals surface area contributed by atoms with Crippen molar-refractivity contribution in [1.29, 1.82) is 0 Å². The highest BCUT2D eigenvalue weighted by Gasteiger charge is 2.50. The van der Waals surface area contributed by atoms with Gasteiger partial charge in [0.1, 0.15) is 41.9 Å². The average molecular weight is 491 g/mol. The van der Waals surface area contributed by atoms with Crippen molar-refractivity contribution in [3.05, 3.63) is 17.7 Å². The summed E-state index contributed by atoms with van der Waals surface area (Å²) in [5, 5.41) is 80.6. The Morgan fingerprint density at radius 1 is 1.03 bits per heavy atom. The van der Waals surface area contributed by atoms with Crippen LogP contribution in [0.25, 0.3) is 0 Å². The third-order valence-corrected chi connectivity index (χ3v) is 6.09. The van der Waals surface area contributed by atoms with Crippen LogP contribution in [0.2, 0.25) is 0 Å². The maximum Gasteiger partial charge on any atom is 0.229 e. The number of aliphatic hydroxyl groups excluding tert-OH is 5. The third kappa shape index (κ3) is 5.73. The number of aryl methyl sites for hydroxylation is 1. The van der Waals surface area contributed by atoms with Gasteiger partial charge >= 0.3 is 0 Å². The van der Waals surface area contributed by atoms with E-state index in [2.05, 4.69) is 0 Å².